The van der Waals surface area contributed by atoms with Crippen molar-refractivity contribution in [2.75, 3.05) is 0 Å². The Morgan fingerprint density at radius 3 is 1.95 bits per heavy atom. The van der Waals surface area contributed by atoms with E-state index in [-0.39, 0.29) is 0 Å². The van der Waals surface area contributed by atoms with Crippen LogP contribution in [0.5, 0.6) is 11.5 Å². The molecule has 5 heteroatoms. The van der Waals surface area contributed by atoms with Gasteiger partial charge in [0.25, 0.3) is 0 Å². The molecule has 5 aromatic rings. The van der Waals surface area contributed by atoms with Crippen molar-refractivity contribution in [1.29, 1.82) is 5.26 Å². The van der Waals surface area contributed by atoms with E-state index in [4.69, 9.17) is 14.0 Å². The first-order valence-electron chi connectivity index (χ1n) is 14.8. The van der Waals surface area contributed by atoms with E-state index in [1.807, 2.05) is 30.3 Å². The Kier molecular flexibility index (Phi) is 5.41. The van der Waals surface area contributed by atoms with Crippen LogP contribution in [0.3, 0.4) is 0 Å². The summed E-state index contributed by atoms with van der Waals surface area (Å²) in [7, 11) is -0.498. The van der Waals surface area contributed by atoms with Crippen LogP contribution in [0.4, 0.5) is 0 Å². The zero-order valence-electron chi connectivity index (χ0n) is 24.6. The predicted octanol–water partition coefficient (Wildman–Crippen LogP) is 7.99. The Morgan fingerprint density at radius 2 is 1.21 bits per heavy atom. The molecule has 5 aromatic carbocycles. The van der Waals surface area contributed by atoms with Crippen molar-refractivity contribution in [3.63, 3.8) is 0 Å². The van der Waals surface area contributed by atoms with E-state index < -0.39 is 23.7 Å². The van der Waals surface area contributed by atoms with Gasteiger partial charge in [-0.3, -0.25) is 0 Å². The third-order valence-electron chi connectivity index (χ3n) is 9.86. The van der Waals surface area contributed by atoms with Gasteiger partial charge in [0.15, 0.2) is 0 Å². The second-order valence-corrected chi connectivity index (χ2v) is 12.6. The van der Waals surface area contributed by atoms with E-state index >= 15 is 0 Å². The molecule has 1 saturated heterocycles. The second kappa shape index (κ2) is 8.94. The molecule has 1 atom stereocenters. The smallest absolute Gasteiger partial charge is 0.456 e. The van der Waals surface area contributed by atoms with Crippen molar-refractivity contribution in [3.05, 3.63) is 137 Å². The normalized spacial score (nSPS) is 20.0. The minimum atomic E-state index is -0.613. The Bertz CT molecular complexity index is 1970. The maximum atomic E-state index is 9.39. The minimum Gasteiger partial charge on any atom is -0.456 e. The molecule has 0 bridgehead atoms. The largest absolute Gasteiger partial charge is 0.495 e. The second-order valence-electron chi connectivity index (χ2n) is 12.6. The van der Waals surface area contributed by atoms with Crippen molar-refractivity contribution in [1.82, 2.24) is 0 Å². The first-order valence-corrected chi connectivity index (χ1v) is 14.8. The number of hydrogen-bond donors (Lipinski definition) is 0. The Balaban J connectivity index is 1.44. The Labute approximate surface area is 252 Å². The first kappa shape index (κ1) is 26.0. The average Bonchev–Trinajstić information content (AvgIpc) is 3.44. The molecule has 2 aliphatic heterocycles. The van der Waals surface area contributed by atoms with Gasteiger partial charge < -0.3 is 14.0 Å². The van der Waals surface area contributed by atoms with Crippen molar-refractivity contribution in [2.24, 2.45) is 0 Å². The fourth-order valence-electron chi connectivity index (χ4n) is 7.12. The van der Waals surface area contributed by atoms with Gasteiger partial charge in [0.1, 0.15) is 11.5 Å². The lowest BCUT2D eigenvalue weighted by Gasteiger charge is -2.40. The Morgan fingerprint density at radius 1 is 0.605 bits per heavy atom. The number of benzene rings is 5. The number of ether oxygens (including phenoxy) is 1. The van der Waals surface area contributed by atoms with Crippen molar-refractivity contribution in [3.8, 4) is 39.8 Å². The van der Waals surface area contributed by atoms with Crippen LogP contribution in [-0.4, -0.2) is 18.3 Å². The maximum absolute atomic E-state index is 9.39. The highest BCUT2D eigenvalue weighted by molar-refractivity contribution is 6.64. The molecule has 8 rings (SSSR count). The average molecular weight is 559 g/mol. The molecule has 0 N–H and O–H groups in total. The standard InChI is InChI=1S/C38H30BNO3/c1-36(2)37(3,4)43-39(42-36)32-17-10-15-30-34(32)27-11-5-6-13-28(27)38(30)29-14-7-8-18-33(29)41-35-26(12-9-16-31(35)38)25-21-19-24(23-40)20-22-25/h5-22H,1-4H3. The SMILES string of the molecule is CC1(C)OB(c2cccc3c2-c2ccccc2C32c3ccccc3Oc3c(-c4ccc(C#N)cc4)cccc32)OC1(C)C. The van der Waals surface area contributed by atoms with Gasteiger partial charge in [0.05, 0.1) is 28.2 Å². The summed E-state index contributed by atoms with van der Waals surface area (Å²) in [5.41, 5.74) is 9.07. The van der Waals surface area contributed by atoms with Crippen molar-refractivity contribution < 1.29 is 14.0 Å². The lowest BCUT2D eigenvalue weighted by Crippen LogP contribution is -2.41. The van der Waals surface area contributed by atoms with Crippen LogP contribution in [0, 0.1) is 11.3 Å². The van der Waals surface area contributed by atoms with Gasteiger partial charge in [0.2, 0.25) is 0 Å². The number of nitrogens with zero attached hydrogens (tertiary/aromatic N) is 1. The molecular weight excluding hydrogens is 529 g/mol. The molecule has 43 heavy (non-hydrogen) atoms. The lowest BCUT2D eigenvalue weighted by molar-refractivity contribution is 0.00578. The molecule has 0 amide bonds. The molecule has 2 heterocycles. The summed E-state index contributed by atoms with van der Waals surface area (Å²) in [6.07, 6.45) is 0. The molecule has 0 aromatic heterocycles. The van der Waals surface area contributed by atoms with Gasteiger partial charge in [-0.25, -0.2) is 0 Å². The zero-order valence-corrected chi connectivity index (χ0v) is 24.6. The number of para-hydroxylation sites is 2. The topological polar surface area (TPSA) is 51.5 Å². The third-order valence-corrected chi connectivity index (χ3v) is 9.86. The third kappa shape index (κ3) is 3.45. The molecule has 1 aliphatic carbocycles. The van der Waals surface area contributed by atoms with Gasteiger partial charge >= 0.3 is 7.12 Å². The van der Waals surface area contributed by atoms with E-state index in [2.05, 4.69) is 113 Å². The van der Waals surface area contributed by atoms with E-state index in [0.717, 1.165) is 44.8 Å². The molecule has 4 nitrogen and oxygen atoms in total. The van der Waals surface area contributed by atoms with Crippen LogP contribution < -0.4 is 10.2 Å². The van der Waals surface area contributed by atoms with E-state index in [9.17, 15) is 5.26 Å². The molecule has 3 aliphatic rings. The number of nitriles is 1. The summed E-state index contributed by atoms with van der Waals surface area (Å²) in [4.78, 5) is 0. The zero-order chi connectivity index (χ0) is 29.6. The molecule has 1 spiro atoms. The van der Waals surface area contributed by atoms with Gasteiger partial charge in [-0.15, -0.1) is 0 Å². The van der Waals surface area contributed by atoms with Gasteiger partial charge in [-0.1, -0.05) is 91.0 Å². The van der Waals surface area contributed by atoms with Gasteiger partial charge in [-0.2, -0.15) is 5.26 Å². The fraction of sp³-hybridized carbons (Fsp3) is 0.184. The summed E-state index contributed by atoms with van der Waals surface area (Å²) in [5, 5.41) is 9.39. The molecule has 1 fully saturated rings. The highest BCUT2D eigenvalue weighted by Crippen LogP contribution is 2.63. The summed E-state index contributed by atoms with van der Waals surface area (Å²) in [6, 6.07) is 40.0. The maximum Gasteiger partial charge on any atom is 0.495 e. The summed E-state index contributed by atoms with van der Waals surface area (Å²) >= 11 is 0. The van der Waals surface area contributed by atoms with Crippen LogP contribution in [-0.2, 0) is 14.7 Å². The van der Waals surface area contributed by atoms with Crippen molar-refractivity contribution >= 4 is 12.6 Å². The van der Waals surface area contributed by atoms with Gasteiger partial charge in [0, 0.05) is 16.7 Å². The summed E-state index contributed by atoms with van der Waals surface area (Å²) in [6.45, 7) is 8.39. The molecule has 208 valence electrons. The number of rotatable bonds is 2. The highest BCUT2D eigenvalue weighted by atomic mass is 16.7. The number of fused-ring (bicyclic) bond motifs is 9. The minimum absolute atomic E-state index is 0.454. The first-order chi connectivity index (χ1) is 20.8. The predicted molar refractivity (Wildman–Crippen MR) is 170 cm³/mol. The molecule has 0 radical (unpaired) electrons. The van der Waals surface area contributed by atoms with Crippen LogP contribution in [0.1, 0.15) is 55.5 Å². The molecule has 1 unspecified atom stereocenters. The van der Waals surface area contributed by atoms with Crippen LogP contribution in [0.25, 0.3) is 22.3 Å². The summed E-state index contributed by atoms with van der Waals surface area (Å²) < 4.78 is 20.1. The summed E-state index contributed by atoms with van der Waals surface area (Å²) in [5.74, 6) is 1.66. The molecular formula is C38H30BNO3. The fourth-order valence-corrected chi connectivity index (χ4v) is 7.12. The highest BCUT2D eigenvalue weighted by Gasteiger charge is 2.56. The molecule has 0 saturated carbocycles. The van der Waals surface area contributed by atoms with Crippen LogP contribution >= 0.6 is 0 Å². The van der Waals surface area contributed by atoms with E-state index in [1.165, 1.54) is 16.7 Å². The lowest BCUT2D eigenvalue weighted by atomic mass is 9.65. The quantitative estimate of drug-likeness (QED) is 0.202. The van der Waals surface area contributed by atoms with Crippen molar-refractivity contribution in [2.45, 2.75) is 44.3 Å². The Hall–Kier alpha value is -4.63. The number of hydrogen-bond acceptors (Lipinski definition) is 4. The van der Waals surface area contributed by atoms with E-state index in [0.29, 0.717) is 5.56 Å². The van der Waals surface area contributed by atoms with E-state index in [1.54, 1.807) is 0 Å². The van der Waals surface area contributed by atoms with Crippen LogP contribution in [0.15, 0.2) is 109 Å². The van der Waals surface area contributed by atoms with Crippen LogP contribution in [0.2, 0.25) is 0 Å². The van der Waals surface area contributed by atoms with Gasteiger partial charge in [-0.05, 0) is 79.2 Å². The monoisotopic (exact) mass is 559 g/mol.